The molecule has 1 aromatic heterocycles. The van der Waals surface area contributed by atoms with E-state index in [1.165, 1.54) is 18.0 Å². The van der Waals surface area contributed by atoms with E-state index in [-0.39, 0.29) is 11.9 Å². The van der Waals surface area contributed by atoms with Crippen molar-refractivity contribution in [3.63, 3.8) is 0 Å². The van der Waals surface area contributed by atoms with Gasteiger partial charge in [0.05, 0.1) is 17.9 Å². The molecule has 1 unspecified atom stereocenters. The maximum absolute atomic E-state index is 11.6. The molecule has 100 valence electrons. The average Bonchev–Trinajstić information content (AvgIpc) is 2.29. The molecule has 1 atom stereocenters. The van der Waals surface area contributed by atoms with Crippen molar-refractivity contribution < 1.29 is 14.6 Å². The number of aliphatic hydroxyl groups is 1. The van der Waals surface area contributed by atoms with E-state index in [1.807, 2.05) is 6.92 Å². The van der Waals surface area contributed by atoms with E-state index in [0.29, 0.717) is 29.4 Å². The molecule has 0 aromatic carbocycles. The van der Waals surface area contributed by atoms with Gasteiger partial charge in [0.15, 0.2) is 5.16 Å². The van der Waals surface area contributed by atoms with Crippen molar-refractivity contribution in [2.24, 2.45) is 0 Å². The fraction of sp³-hybridized carbons (Fsp3) is 0.583. The van der Waals surface area contributed by atoms with Gasteiger partial charge in [-0.05, 0) is 20.3 Å². The lowest BCUT2D eigenvalue weighted by Crippen LogP contribution is -2.10. The molecule has 0 fully saturated rings. The Balaban J connectivity index is 2.76. The van der Waals surface area contributed by atoms with Gasteiger partial charge in [-0.25, -0.2) is 14.8 Å². The number of carbonyl (C=O) groups is 1. The van der Waals surface area contributed by atoms with E-state index in [1.54, 1.807) is 13.8 Å². The normalized spacial score (nSPS) is 12.2. The van der Waals surface area contributed by atoms with E-state index in [9.17, 15) is 4.79 Å². The molecule has 0 aliphatic rings. The molecule has 6 heteroatoms. The zero-order valence-electron chi connectivity index (χ0n) is 10.8. The maximum atomic E-state index is 11.6. The second-order valence-electron chi connectivity index (χ2n) is 3.81. The highest BCUT2D eigenvalue weighted by atomic mass is 32.2. The van der Waals surface area contributed by atoms with Crippen molar-refractivity contribution >= 4 is 17.7 Å². The highest BCUT2D eigenvalue weighted by molar-refractivity contribution is 7.99. The van der Waals surface area contributed by atoms with Crippen molar-refractivity contribution in [3.8, 4) is 0 Å². The van der Waals surface area contributed by atoms with Gasteiger partial charge < -0.3 is 9.84 Å². The summed E-state index contributed by atoms with van der Waals surface area (Å²) in [6.07, 6.45) is 2.18. The Kier molecular flexibility index (Phi) is 6.07. The minimum atomic E-state index is -0.394. The Morgan fingerprint density at radius 3 is 2.89 bits per heavy atom. The first kappa shape index (κ1) is 14.9. The number of hydrogen-bond donors (Lipinski definition) is 1. The Morgan fingerprint density at radius 2 is 2.33 bits per heavy atom. The largest absolute Gasteiger partial charge is 0.462 e. The van der Waals surface area contributed by atoms with Gasteiger partial charge in [0.2, 0.25) is 0 Å². The quantitative estimate of drug-likeness (QED) is 0.483. The molecule has 1 aromatic rings. The van der Waals surface area contributed by atoms with Crippen molar-refractivity contribution in [1.82, 2.24) is 9.97 Å². The van der Waals surface area contributed by atoms with Crippen LogP contribution in [0.25, 0.3) is 0 Å². The van der Waals surface area contributed by atoms with Gasteiger partial charge in [0.25, 0.3) is 0 Å². The van der Waals surface area contributed by atoms with Crippen LogP contribution in [0.15, 0.2) is 11.4 Å². The topological polar surface area (TPSA) is 72.3 Å². The lowest BCUT2D eigenvalue weighted by molar-refractivity contribution is 0.0524. The summed E-state index contributed by atoms with van der Waals surface area (Å²) in [6, 6.07) is 0. The molecule has 1 heterocycles. The standard InChI is InChI=1S/C12H18N2O3S/c1-4-17-11(16)10-7-13-12(14-9(10)3)18-8(2)5-6-15/h7-8,15H,4-6H2,1-3H3. The molecule has 18 heavy (non-hydrogen) atoms. The Morgan fingerprint density at radius 1 is 1.61 bits per heavy atom. The van der Waals surface area contributed by atoms with Crippen LogP contribution in [0.5, 0.6) is 0 Å². The molecule has 5 nitrogen and oxygen atoms in total. The van der Waals surface area contributed by atoms with Crippen LogP contribution >= 0.6 is 11.8 Å². The third-order valence-electron chi connectivity index (χ3n) is 2.29. The first-order chi connectivity index (χ1) is 8.58. The number of aryl methyl sites for hydroxylation is 1. The molecule has 0 amide bonds. The Hall–Kier alpha value is -1.14. The molecule has 0 spiro atoms. The fourth-order valence-electron chi connectivity index (χ4n) is 1.33. The molecule has 0 aliphatic carbocycles. The number of esters is 1. The Labute approximate surface area is 111 Å². The Bertz CT molecular complexity index is 412. The number of carbonyl (C=O) groups excluding carboxylic acids is 1. The van der Waals surface area contributed by atoms with Crippen LogP contribution in [0.1, 0.15) is 36.3 Å². The van der Waals surface area contributed by atoms with Crippen LogP contribution in [-0.2, 0) is 4.74 Å². The van der Waals surface area contributed by atoms with Crippen LogP contribution in [0.4, 0.5) is 0 Å². The monoisotopic (exact) mass is 270 g/mol. The summed E-state index contributed by atoms with van der Waals surface area (Å²) in [7, 11) is 0. The van der Waals surface area contributed by atoms with E-state index in [4.69, 9.17) is 9.84 Å². The number of rotatable bonds is 6. The fourth-order valence-corrected chi connectivity index (χ4v) is 2.22. The van der Waals surface area contributed by atoms with Gasteiger partial charge in [0.1, 0.15) is 0 Å². The van der Waals surface area contributed by atoms with Gasteiger partial charge in [-0.2, -0.15) is 0 Å². The van der Waals surface area contributed by atoms with Crippen LogP contribution in [0.3, 0.4) is 0 Å². The van der Waals surface area contributed by atoms with Crippen molar-refractivity contribution in [2.75, 3.05) is 13.2 Å². The number of aliphatic hydroxyl groups excluding tert-OH is 1. The van der Waals surface area contributed by atoms with Gasteiger partial charge in [-0.3, -0.25) is 0 Å². The number of hydrogen-bond acceptors (Lipinski definition) is 6. The van der Waals surface area contributed by atoms with E-state index in [2.05, 4.69) is 9.97 Å². The zero-order valence-corrected chi connectivity index (χ0v) is 11.7. The summed E-state index contributed by atoms with van der Waals surface area (Å²) >= 11 is 1.48. The predicted molar refractivity (Wildman–Crippen MR) is 69.7 cm³/mol. The molecular weight excluding hydrogens is 252 g/mol. The summed E-state index contributed by atoms with van der Waals surface area (Å²) in [5, 5.41) is 9.68. The van der Waals surface area contributed by atoms with Crippen LogP contribution in [-0.4, -0.2) is 39.5 Å². The van der Waals surface area contributed by atoms with Crippen molar-refractivity contribution in [1.29, 1.82) is 0 Å². The first-order valence-electron chi connectivity index (χ1n) is 5.86. The van der Waals surface area contributed by atoms with E-state index < -0.39 is 5.97 Å². The summed E-state index contributed by atoms with van der Waals surface area (Å²) in [5.41, 5.74) is 1.01. The van der Waals surface area contributed by atoms with E-state index >= 15 is 0 Å². The third kappa shape index (κ3) is 4.27. The minimum Gasteiger partial charge on any atom is -0.462 e. The highest BCUT2D eigenvalue weighted by Crippen LogP contribution is 2.22. The zero-order chi connectivity index (χ0) is 13.5. The lowest BCUT2D eigenvalue weighted by Gasteiger charge is -2.09. The summed E-state index contributed by atoms with van der Waals surface area (Å²) in [5.74, 6) is -0.394. The van der Waals surface area contributed by atoms with Crippen LogP contribution in [0, 0.1) is 6.92 Å². The average molecular weight is 270 g/mol. The van der Waals surface area contributed by atoms with Crippen LogP contribution in [0.2, 0.25) is 0 Å². The number of thioether (sulfide) groups is 1. The number of nitrogens with zero attached hydrogens (tertiary/aromatic N) is 2. The molecule has 0 aliphatic heterocycles. The van der Waals surface area contributed by atoms with Gasteiger partial charge in [0, 0.05) is 18.1 Å². The second kappa shape index (κ2) is 7.33. The second-order valence-corrected chi connectivity index (χ2v) is 5.22. The van der Waals surface area contributed by atoms with Gasteiger partial charge in [-0.1, -0.05) is 18.7 Å². The number of aromatic nitrogens is 2. The third-order valence-corrected chi connectivity index (χ3v) is 3.34. The molecule has 0 saturated carbocycles. The lowest BCUT2D eigenvalue weighted by atomic mass is 10.2. The smallest absolute Gasteiger partial charge is 0.341 e. The van der Waals surface area contributed by atoms with Gasteiger partial charge >= 0.3 is 5.97 Å². The van der Waals surface area contributed by atoms with Crippen molar-refractivity contribution in [3.05, 3.63) is 17.5 Å². The molecule has 1 N–H and O–H groups in total. The summed E-state index contributed by atoms with van der Waals surface area (Å²) in [6.45, 7) is 6.00. The number of ether oxygens (including phenoxy) is 1. The van der Waals surface area contributed by atoms with Crippen molar-refractivity contribution in [2.45, 2.75) is 37.6 Å². The highest BCUT2D eigenvalue weighted by Gasteiger charge is 2.14. The molecular formula is C12H18N2O3S. The van der Waals surface area contributed by atoms with Gasteiger partial charge in [-0.15, -0.1) is 0 Å². The maximum Gasteiger partial charge on any atom is 0.341 e. The molecule has 0 radical (unpaired) electrons. The molecule has 1 rings (SSSR count). The minimum absolute atomic E-state index is 0.147. The predicted octanol–water partition coefficient (Wildman–Crippen LogP) is 1.82. The summed E-state index contributed by atoms with van der Waals surface area (Å²) < 4.78 is 4.91. The SMILES string of the molecule is CCOC(=O)c1cnc(SC(C)CCO)nc1C. The van der Waals surface area contributed by atoms with E-state index in [0.717, 1.165) is 0 Å². The summed E-state index contributed by atoms with van der Waals surface area (Å²) in [4.78, 5) is 20.0. The molecule has 0 saturated heterocycles. The molecule has 0 bridgehead atoms. The van der Waals surface area contributed by atoms with Crippen LogP contribution < -0.4 is 0 Å². The first-order valence-corrected chi connectivity index (χ1v) is 6.74.